The molecule has 2 aromatic rings. The Morgan fingerprint density at radius 3 is 2.38 bits per heavy atom. The molecule has 1 amide bonds. The Kier molecular flexibility index (Phi) is 6.53. The highest BCUT2D eigenvalue weighted by atomic mass is 32.2. The second kappa shape index (κ2) is 9.19. The molecule has 8 heteroatoms. The molecule has 2 unspecified atom stereocenters. The predicted octanol–water partition coefficient (Wildman–Crippen LogP) is 3.41. The topological polar surface area (TPSA) is 60.9 Å². The zero-order valence-electron chi connectivity index (χ0n) is 18.6. The molecule has 0 bridgehead atoms. The maximum Gasteiger partial charge on any atom is 0.221 e. The van der Waals surface area contributed by atoms with Gasteiger partial charge in [-0.1, -0.05) is 43.3 Å². The Morgan fingerprint density at radius 1 is 1.06 bits per heavy atom. The molecule has 2 saturated heterocycles. The summed E-state index contributed by atoms with van der Waals surface area (Å²) in [5, 5.41) is -0.604. The normalized spacial score (nSPS) is 23.8. The van der Waals surface area contributed by atoms with Gasteiger partial charge in [-0.15, -0.1) is 0 Å². The van der Waals surface area contributed by atoms with E-state index in [1.165, 1.54) is 10.4 Å². The molecule has 0 N–H and O–H groups in total. The van der Waals surface area contributed by atoms with Gasteiger partial charge in [0.05, 0.1) is 0 Å². The van der Waals surface area contributed by atoms with E-state index in [2.05, 4.69) is 4.90 Å². The molecule has 4 rings (SSSR count). The minimum atomic E-state index is -3.59. The number of piperazine rings is 1. The van der Waals surface area contributed by atoms with E-state index in [1.54, 1.807) is 17.9 Å². The van der Waals surface area contributed by atoms with E-state index < -0.39 is 21.1 Å². The lowest BCUT2D eigenvalue weighted by Crippen LogP contribution is -2.48. The van der Waals surface area contributed by atoms with Crippen LogP contribution in [0.15, 0.2) is 48.5 Å². The van der Waals surface area contributed by atoms with Gasteiger partial charge in [-0.25, -0.2) is 12.8 Å². The highest BCUT2D eigenvalue weighted by Gasteiger charge is 2.39. The van der Waals surface area contributed by atoms with Crippen molar-refractivity contribution < 1.29 is 17.6 Å². The molecule has 2 fully saturated rings. The average molecular weight is 460 g/mol. The first-order valence-electron chi connectivity index (χ1n) is 11.1. The molecular formula is C24H30FN3O3S. The summed E-state index contributed by atoms with van der Waals surface area (Å²) in [6.45, 7) is 6.54. The van der Waals surface area contributed by atoms with Crippen LogP contribution in [0.1, 0.15) is 36.6 Å². The van der Waals surface area contributed by atoms with Crippen LogP contribution in [0.25, 0.3) is 0 Å². The van der Waals surface area contributed by atoms with Crippen molar-refractivity contribution in [2.45, 2.75) is 32.1 Å². The second-order valence-electron chi connectivity index (χ2n) is 8.85. The fraction of sp³-hybridized carbons (Fsp3) is 0.458. The van der Waals surface area contributed by atoms with E-state index in [-0.39, 0.29) is 18.4 Å². The summed E-state index contributed by atoms with van der Waals surface area (Å²) >= 11 is 0. The third kappa shape index (κ3) is 4.66. The van der Waals surface area contributed by atoms with Gasteiger partial charge in [-0.2, -0.15) is 4.31 Å². The van der Waals surface area contributed by atoms with Crippen LogP contribution in [-0.4, -0.2) is 56.3 Å². The number of amides is 1. The molecule has 2 heterocycles. The summed E-state index contributed by atoms with van der Waals surface area (Å²) in [6.07, 6.45) is 0.566. The summed E-state index contributed by atoms with van der Waals surface area (Å²) in [5.41, 5.74) is 1.91. The summed E-state index contributed by atoms with van der Waals surface area (Å²) in [7, 11) is -3.59. The summed E-state index contributed by atoms with van der Waals surface area (Å²) < 4.78 is 43.1. The summed E-state index contributed by atoms with van der Waals surface area (Å²) in [6, 6.07) is 14.3. The predicted molar refractivity (Wildman–Crippen MR) is 123 cm³/mol. The van der Waals surface area contributed by atoms with Crippen molar-refractivity contribution in [2.75, 3.05) is 37.6 Å². The number of hydrogen-bond acceptors (Lipinski definition) is 4. The van der Waals surface area contributed by atoms with Crippen LogP contribution >= 0.6 is 0 Å². The average Bonchev–Trinajstić information content (AvgIpc) is 2.78. The number of nitrogens with zero attached hydrogens (tertiary/aromatic N) is 3. The third-order valence-electron chi connectivity index (χ3n) is 6.50. The van der Waals surface area contributed by atoms with Crippen molar-refractivity contribution >= 4 is 21.6 Å². The van der Waals surface area contributed by atoms with Gasteiger partial charge < -0.3 is 9.80 Å². The molecule has 0 aromatic heterocycles. The second-order valence-corrected chi connectivity index (χ2v) is 11.0. The molecule has 0 aliphatic carbocycles. The first kappa shape index (κ1) is 22.7. The Bertz CT molecular complexity index is 1070. The minimum absolute atomic E-state index is 0.0280. The van der Waals surface area contributed by atoms with Crippen molar-refractivity contribution in [3.63, 3.8) is 0 Å². The van der Waals surface area contributed by atoms with Crippen molar-refractivity contribution in [1.29, 1.82) is 0 Å². The number of hydrogen-bond donors (Lipinski definition) is 0. The van der Waals surface area contributed by atoms with Crippen LogP contribution in [0.3, 0.4) is 0 Å². The maximum atomic E-state index is 15.0. The number of anilines is 1. The van der Waals surface area contributed by atoms with E-state index >= 15 is 4.39 Å². The Labute approximate surface area is 189 Å². The van der Waals surface area contributed by atoms with Gasteiger partial charge in [0.2, 0.25) is 15.9 Å². The summed E-state index contributed by atoms with van der Waals surface area (Å²) in [4.78, 5) is 15.4. The number of halogens is 1. The van der Waals surface area contributed by atoms with Gasteiger partial charge in [0.15, 0.2) is 0 Å². The van der Waals surface area contributed by atoms with Crippen LogP contribution in [0.2, 0.25) is 0 Å². The molecule has 0 spiro atoms. The van der Waals surface area contributed by atoms with Crippen molar-refractivity contribution in [3.05, 3.63) is 65.5 Å². The molecule has 32 heavy (non-hydrogen) atoms. The largest absolute Gasteiger partial charge is 0.368 e. The number of sulfonamides is 1. The lowest BCUT2D eigenvalue weighted by Gasteiger charge is -2.37. The fourth-order valence-electron chi connectivity index (χ4n) is 4.65. The van der Waals surface area contributed by atoms with E-state index in [1.807, 2.05) is 43.3 Å². The number of carbonyl (C=O) groups is 1. The van der Waals surface area contributed by atoms with Crippen LogP contribution in [-0.2, 0) is 21.4 Å². The monoisotopic (exact) mass is 459 g/mol. The molecule has 0 saturated carbocycles. The van der Waals surface area contributed by atoms with E-state index in [4.69, 9.17) is 0 Å². The van der Waals surface area contributed by atoms with Crippen LogP contribution in [0.5, 0.6) is 0 Å². The van der Waals surface area contributed by atoms with Crippen LogP contribution in [0, 0.1) is 11.7 Å². The summed E-state index contributed by atoms with van der Waals surface area (Å²) in [5.74, 6) is -0.165. The Morgan fingerprint density at radius 2 is 1.75 bits per heavy atom. The van der Waals surface area contributed by atoms with E-state index in [9.17, 15) is 13.2 Å². The standard InChI is InChI=1S/C24H30FN3O3S/c1-18-14-24(20-6-4-3-5-7-20)32(30,31)28(16-18)17-21-8-9-22(15-23(21)25)27-12-10-26(11-13-27)19(2)29/h3-9,15,18,24H,10-14,16-17H2,1-2H3. The van der Waals surface area contributed by atoms with Gasteiger partial charge in [-0.05, 0) is 30.0 Å². The lowest BCUT2D eigenvalue weighted by atomic mass is 10.00. The zero-order valence-corrected chi connectivity index (χ0v) is 19.4. The van der Waals surface area contributed by atoms with Gasteiger partial charge in [0.25, 0.3) is 0 Å². The maximum absolute atomic E-state index is 15.0. The lowest BCUT2D eigenvalue weighted by molar-refractivity contribution is -0.129. The Hall–Kier alpha value is -2.45. The highest BCUT2D eigenvalue weighted by molar-refractivity contribution is 7.89. The van der Waals surface area contributed by atoms with Gasteiger partial charge in [0, 0.05) is 57.4 Å². The third-order valence-corrected chi connectivity index (χ3v) is 8.68. The van der Waals surface area contributed by atoms with Crippen LogP contribution in [0.4, 0.5) is 10.1 Å². The number of carbonyl (C=O) groups excluding carboxylic acids is 1. The fourth-order valence-corrected chi connectivity index (χ4v) is 6.87. The molecule has 6 nitrogen and oxygen atoms in total. The minimum Gasteiger partial charge on any atom is -0.368 e. The Balaban J connectivity index is 1.50. The molecule has 2 aromatic carbocycles. The number of benzene rings is 2. The van der Waals surface area contributed by atoms with E-state index in [0.717, 1.165) is 11.3 Å². The quantitative estimate of drug-likeness (QED) is 0.703. The molecule has 2 atom stereocenters. The van der Waals surface area contributed by atoms with Crippen molar-refractivity contribution in [1.82, 2.24) is 9.21 Å². The molecule has 2 aliphatic heterocycles. The molecule has 0 radical (unpaired) electrons. The smallest absolute Gasteiger partial charge is 0.221 e. The SMILES string of the molecule is CC(=O)N1CCN(c2ccc(CN3CC(C)CC(c4ccccc4)S3(=O)=O)c(F)c2)CC1. The van der Waals surface area contributed by atoms with Crippen molar-refractivity contribution in [3.8, 4) is 0 Å². The highest BCUT2D eigenvalue weighted by Crippen LogP contribution is 2.38. The van der Waals surface area contributed by atoms with Crippen molar-refractivity contribution in [2.24, 2.45) is 5.92 Å². The van der Waals surface area contributed by atoms with Gasteiger partial charge in [-0.3, -0.25) is 4.79 Å². The van der Waals surface area contributed by atoms with Crippen LogP contribution < -0.4 is 4.90 Å². The molecular weight excluding hydrogens is 429 g/mol. The first-order valence-corrected chi connectivity index (χ1v) is 12.6. The van der Waals surface area contributed by atoms with E-state index in [0.29, 0.717) is 44.7 Å². The number of rotatable bonds is 4. The molecule has 2 aliphatic rings. The first-order chi connectivity index (χ1) is 15.3. The zero-order chi connectivity index (χ0) is 22.9. The molecule has 172 valence electrons. The van der Waals surface area contributed by atoms with Gasteiger partial charge >= 0.3 is 0 Å². The van der Waals surface area contributed by atoms with Gasteiger partial charge in [0.1, 0.15) is 11.1 Å².